The molecule has 0 N–H and O–H groups in total. The lowest BCUT2D eigenvalue weighted by atomic mass is 10.4. The zero-order valence-electron chi connectivity index (χ0n) is 7.20. The second kappa shape index (κ2) is 5.53. The molecule has 0 aliphatic heterocycles. The quantitative estimate of drug-likeness (QED) is 0.551. The molecule has 0 radical (unpaired) electrons. The summed E-state index contributed by atoms with van der Waals surface area (Å²) in [5.74, 6) is 0. The molecule has 11 heavy (non-hydrogen) atoms. The van der Waals surface area contributed by atoms with E-state index in [1.54, 1.807) is 19.5 Å². The summed E-state index contributed by atoms with van der Waals surface area (Å²) >= 11 is 0. The number of hydrogen-bond donors (Lipinski definition) is 0. The number of allylic oxidation sites excluding steroid dienone is 2. The third-order valence-electron chi connectivity index (χ3n) is 1.13. The van der Waals surface area contributed by atoms with Gasteiger partial charge in [0.15, 0.2) is 0 Å². The highest BCUT2D eigenvalue weighted by molar-refractivity contribution is 5.81. The van der Waals surface area contributed by atoms with Crippen LogP contribution < -0.4 is 0 Å². The van der Waals surface area contributed by atoms with Crippen molar-refractivity contribution in [2.24, 2.45) is 15.0 Å². The van der Waals surface area contributed by atoms with Crippen LogP contribution in [0.2, 0.25) is 0 Å². The summed E-state index contributed by atoms with van der Waals surface area (Å²) in [6.07, 6.45) is 3.36. The van der Waals surface area contributed by atoms with Crippen LogP contribution in [0.3, 0.4) is 0 Å². The molecule has 3 nitrogen and oxygen atoms in total. The van der Waals surface area contributed by atoms with Gasteiger partial charge < -0.3 is 0 Å². The largest absolute Gasteiger partial charge is 0.294 e. The zero-order chi connectivity index (χ0) is 8.69. The first-order chi connectivity index (χ1) is 5.26. The Morgan fingerprint density at radius 3 is 2.45 bits per heavy atom. The van der Waals surface area contributed by atoms with Gasteiger partial charge >= 0.3 is 0 Å². The molecule has 0 aromatic carbocycles. The van der Waals surface area contributed by atoms with Gasteiger partial charge in [-0.25, -0.2) is 0 Å². The van der Waals surface area contributed by atoms with E-state index < -0.39 is 0 Å². The highest BCUT2D eigenvalue weighted by Gasteiger charge is 1.92. The van der Waals surface area contributed by atoms with Crippen molar-refractivity contribution >= 4 is 19.1 Å². The van der Waals surface area contributed by atoms with Crippen molar-refractivity contribution in [3.8, 4) is 0 Å². The average Bonchev–Trinajstić information content (AvgIpc) is 2.03. The van der Waals surface area contributed by atoms with Crippen LogP contribution in [0.25, 0.3) is 0 Å². The van der Waals surface area contributed by atoms with E-state index in [1.807, 2.05) is 13.8 Å². The maximum Gasteiger partial charge on any atom is 0.101 e. The van der Waals surface area contributed by atoms with E-state index in [0.717, 1.165) is 11.4 Å². The van der Waals surface area contributed by atoms with Gasteiger partial charge in [0.1, 0.15) is 5.70 Å². The van der Waals surface area contributed by atoms with Gasteiger partial charge in [0.2, 0.25) is 0 Å². The Labute approximate surface area is 67.3 Å². The molecular weight excluding hydrogens is 138 g/mol. The summed E-state index contributed by atoms with van der Waals surface area (Å²) < 4.78 is 0. The molecule has 0 spiro atoms. The van der Waals surface area contributed by atoms with E-state index >= 15 is 0 Å². The van der Waals surface area contributed by atoms with Gasteiger partial charge in [0.05, 0.1) is 5.70 Å². The first-order valence-electron chi connectivity index (χ1n) is 3.34. The molecule has 0 aliphatic carbocycles. The first kappa shape index (κ1) is 9.75. The van der Waals surface area contributed by atoms with Gasteiger partial charge in [-0.2, -0.15) is 0 Å². The highest BCUT2D eigenvalue weighted by atomic mass is 14.8. The summed E-state index contributed by atoms with van der Waals surface area (Å²) in [5.41, 5.74) is 1.54. The minimum Gasteiger partial charge on any atom is -0.294 e. The van der Waals surface area contributed by atoms with Crippen molar-refractivity contribution in [1.29, 1.82) is 0 Å². The monoisotopic (exact) mass is 151 g/mol. The smallest absolute Gasteiger partial charge is 0.101 e. The van der Waals surface area contributed by atoms with Crippen LogP contribution in [0, 0.1) is 0 Å². The first-order valence-corrected chi connectivity index (χ1v) is 3.34. The van der Waals surface area contributed by atoms with Crippen LogP contribution in [-0.2, 0) is 0 Å². The predicted octanol–water partition coefficient (Wildman–Crippen LogP) is 1.71. The Morgan fingerprint density at radius 2 is 2.09 bits per heavy atom. The molecule has 60 valence electrons. The Kier molecular flexibility index (Phi) is 4.90. The minimum absolute atomic E-state index is 0.755. The van der Waals surface area contributed by atoms with Crippen LogP contribution in [0.15, 0.2) is 26.4 Å². The Hall–Kier alpha value is -1.25. The van der Waals surface area contributed by atoms with Crippen LogP contribution >= 0.6 is 0 Å². The molecule has 0 fully saturated rings. The standard InChI is InChI=1S/C8H13N3/c1-5-11-8(6-9-3)7(2)10-4/h5-6H,4H2,1-3H3/b8-7-,9-6-,11-5-. The summed E-state index contributed by atoms with van der Waals surface area (Å²) in [5, 5.41) is 0. The number of rotatable bonds is 3. The second-order valence-electron chi connectivity index (χ2n) is 1.90. The van der Waals surface area contributed by atoms with Crippen molar-refractivity contribution in [1.82, 2.24) is 0 Å². The van der Waals surface area contributed by atoms with Gasteiger partial charge in [0, 0.05) is 19.5 Å². The molecule has 0 unspecified atom stereocenters. The SMILES string of the molecule is C=N/C(C)=C(/C=N\C)\N=C/C. The molecule has 0 aromatic rings. The lowest BCUT2D eigenvalue weighted by molar-refractivity contribution is 1.24. The van der Waals surface area contributed by atoms with Crippen LogP contribution in [0.1, 0.15) is 13.8 Å². The van der Waals surface area contributed by atoms with Gasteiger partial charge in [-0.05, 0) is 20.6 Å². The summed E-state index contributed by atoms with van der Waals surface area (Å²) in [4.78, 5) is 11.6. The summed E-state index contributed by atoms with van der Waals surface area (Å²) in [7, 11) is 1.70. The van der Waals surface area contributed by atoms with Crippen LogP contribution in [0.5, 0.6) is 0 Å². The average molecular weight is 151 g/mol. The lowest BCUT2D eigenvalue weighted by Gasteiger charge is -1.94. The Balaban J connectivity index is 4.70. The highest BCUT2D eigenvalue weighted by Crippen LogP contribution is 2.02. The van der Waals surface area contributed by atoms with Crippen molar-refractivity contribution in [3.63, 3.8) is 0 Å². The number of hydrogen-bond acceptors (Lipinski definition) is 3. The molecule has 0 atom stereocenters. The Morgan fingerprint density at radius 1 is 1.45 bits per heavy atom. The van der Waals surface area contributed by atoms with E-state index in [0.29, 0.717) is 0 Å². The fourth-order valence-electron chi connectivity index (χ4n) is 0.563. The van der Waals surface area contributed by atoms with Crippen molar-refractivity contribution in [3.05, 3.63) is 11.4 Å². The van der Waals surface area contributed by atoms with Crippen molar-refractivity contribution in [2.75, 3.05) is 7.05 Å². The topological polar surface area (TPSA) is 37.1 Å². The molecule has 0 aliphatic rings. The molecule has 0 heterocycles. The van der Waals surface area contributed by atoms with Crippen molar-refractivity contribution < 1.29 is 0 Å². The van der Waals surface area contributed by atoms with Gasteiger partial charge in [0.25, 0.3) is 0 Å². The van der Waals surface area contributed by atoms with E-state index in [-0.39, 0.29) is 0 Å². The normalized spacial score (nSPS) is 14.1. The van der Waals surface area contributed by atoms with Crippen LogP contribution in [0.4, 0.5) is 0 Å². The van der Waals surface area contributed by atoms with E-state index in [9.17, 15) is 0 Å². The molecule has 0 amide bonds. The van der Waals surface area contributed by atoms with Gasteiger partial charge in [-0.15, -0.1) is 0 Å². The van der Waals surface area contributed by atoms with Crippen molar-refractivity contribution in [2.45, 2.75) is 13.8 Å². The van der Waals surface area contributed by atoms with Crippen LogP contribution in [-0.4, -0.2) is 26.2 Å². The van der Waals surface area contributed by atoms with E-state index in [1.165, 1.54) is 0 Å². The molecule has 0 saturated heterocycles. The third-order valence-corrected chi connectivity index (χ3v) is 1.13. The maximum absolute atomic E-state index is 4.06. The minimum atomic E-state index is 0.755. The predicted molar refractivity (Wildman–Crippen MR) is 50.8 cm³/mol. The molecule has 0 rings (SSSR count). The maximum atomic E-state index is 4.06. The molecule has 0 saturated carbocycles. The van der Waals surface area contributed by atoms with E-state index in [2.05, 4.69) is 21.7 Å². The van der Waals surface area contributed by atoms with E-state index in [4.69, 9.17) is 0 Å². The molecule has 3 heteroatoms. The summed E-state index contributed by atoms with van der Waals surface area (Å²) in [6, 6.07) is 0. The fraction of sp³-hybridized carbons (Fsp3) is 0.375. The molecule has 0 bridgehead atoms. The second-order valence-corrected chi connectivity index (χ2v) is 1.90. The Bertz CT molecular complexity index is 197. The molecule has 0 aromatic heterocycles. The zero-order valence-corrected chi connectivity index (χ0v) is 7.20. The third kappa shape index (κ3) is 3.45. The number of aliphatic imine (C=N–C) groups is 3. The van der Waals surface area contributed by atoms with Gasteiger partial charge in [-0.3, -0.25) is 15.0 Å². The lowest BCUT2D eigenvalue weighted by Crippen LogP contribution is -1.85. The molecular formula is C8H13N3. The van der Waals surface area contributed by atoms with Gasteiger partial charge in [-0.1, -0.05) is 0 Å². The summed E-state index contributed by atoms with van der Waals surface area (Å²) in [6.45, 7) is 7.09. The number of nitrogens with zero attached hydrogens (tertiary/aromatic N) is 3. The fourth-order valence-corrected chi connectivity index (χ4v) is 0.563.